The summed E-state index contributed by atoms with van der Waals surface area (Å²) in [5, 5.41) is 0. The van der Waals surface area contributed by atoms with Crippen LogP contribution in [0.1, 0.15) is 73.1 Å². The van der Waals surface area contributed by atoms with Crippen LogP contribution in [0, 0.1) is 23.2 Å². The lowest BCUT2D eigenvalue weighted by atomic mass is 9.71. The number of piperidine rings is 1. The van der Waals surface area contributed by atoms with Crippen LogP contribution in [-0.2, 0) is 9.47 Å². The standard InChI is InChI=1S/C21H39NO2/c1-16-12-17(2)14-22(13-16)11-8-19-15-23-21(24-19)9-6-18(7-10-21)20(3,4)5/h16-19H,6-15H2,1-5H3. The summed E-state index contributed by atoms with van der Waals surface area (Å²) in [5.74, 6) is 2.25. The molecule has 1 spiro atoms. The molecule has 3 nitrogen and oxygen atoms in total. The van der Waals surface area contributed by atoms with Crippen LogP contribution in [0.4, 0.5) is 0 Å². The first-order valence-electron chi connectivity index (χ1n) is 10.3. The van der Waals surface area contributed by atoms with Gasteiger partial charge in [0.05, 0.1) is 12.7 Å². The van der Waals surface area contributed by atoms with Crippen LogP contribution >= 0.6 is 0 Å². The van der Waals surface area contributed by atoms with E-state index in [4.69, 9.17) is 9.47 Å². The molecule has 0 bridgehead atoms. The maximum Gasteiger partial charge on any atom is 0.168 e. The van der Waals surface area contributed by atoms with Crippen molar-refractivity contribution >= 4 is 0 Å². The Morgan fingerprint density at radius 1 is 1.04 bits per heavy atom. The van der Waals surface area contributed by atoms with Gasteiger partial charge in [-0.3, -0.25) is 0 Å². The Hall–Kier alpha value is -0.120. The fourth-order valence-electron chi connectivity index (χ4n) is 5.25. The molecule has 140 valence electrons. The van der Waals surface area contributed by atoms with E-state index in [9.17, 15) is 0 Å². The second-order valence-electron chi connectivity index (χ2n) is 10.1. The van der Waals surface area contributed by atoms with Crippen LogP contribution < -0.4 is 0 Å². The Morgan fingerprint density at radius 3 is 2.25 bits per heavy atom. The molecule has 2 saturated heterocycles. The SMILES string of the molecule is CC1CC(C)CN(CCC2COC3(CCC(C(C)(C)C)CC3)O2)C1. The average Bonchev–Trinajstić information content (AvgIpc) is 2.87. The van der Waals surface area contributed by atoms with Crippen molar-refractivity contribution < 1.29 is 9.47 Å². The molecule has 24 heavy (non-hydrogen) atoms. The molecule has 1 aliphatic carbocycles. The lowest BCUT2D eigenvalue weighted by molar-refractivity contribution is -0.197. The average molecular weight is 338 g/mol. The smallest absolute Gasteiger partial charge is 0.168 e. The van der Waals surface area contributed by atoms with Crippen molar-refractivity contribution in [2.24, 2.45) is 23.2 Å². The van der Waals surface area contributed by atoms with E-state index in [1.807, 2.05) is 0 Å². The Morgan fingerprint density at radius 2 is 1.67 bits per heavy atom. The molecule has 0 aromatic rings. The van der Waals surface area contributed by atoms with Crippen LogP contribution in [0.15, 0.2) is 0 Å². The zero-order chi connectivity index (χ0) is 17.4. The lowest BCUT2D eigenvalue weighted by Crippen LogP contribution is -2.41. The van der Waals surface area contributed by atoms with Gasteiger partial charge < -0.3 is 14.4 Å². The van der Waals surface area contributed by atoms with Gasteiger partial charge in [0.1, 0.15) is 0 Å². The van der Waals surface area contributed by atoms with Crippen molar-refractivity contribution in [3.05, 3.63) is 0 Å². The summed E-state index contributed by atoms with van der Waals surface area (Å²) in [7, 11) is 0. The van der Waals surface area contributed by atoms with Gasteiger partial charge in [-0.15, -0.1) is 0 Å². The molecule has 3 unspecified atom stereocenters. The molecule has 0 radical (unpaired) electrons. The number of hydrogen-bond donors (Lipinski definition) is 0. The molecule has 0 aromatic carbocycles. The molecule has 3 rings (SSSR count). The Kier molecular flexibility index (Phi) is 5.64. The zero-order valence-electron chi connectivity index (χ0n) is 16.6. The minimum atomic E-state index is -0.241. The molecule has 3 aliphatic rings. The van der Waals surface area contributed by atoms with Crippen molar-refractivity contribution in [1.29, 1.82) is 0 Å². The van der Waals surface area contributed by atoms with Gasteiger partial charge in [0.2, 0.25) is 0 Å². The number of likely N-dealkylation sites (tertiary alicyclic amines) is 1. The molecular weight excluding hydrogens is 298 g/mol. The summed E-state index contributed by atoms with van der Waals surface area (Å²) < 4.78 is 12.6. The van der Waals surface area contributed by atoms with E-state index in [0.717, 1.165) is 43.6 Å². The highest BCUT2D eigenvalue weighted by atomic mass is 16.7. The number of ether oxygens (including phenoxy) is 2. The Balaban J connectivity index is 1.43. The predicted octanol–water partition coefficient (Wildman–Crippen LogP) is 4.70. The first kappa shape index (κ1) is 18.7. The van der Waals surface area contributed by atoms with E-state index in [1.165, 1.54) is 38.9 Å². The van der Waals surface area contributed by atoms with Gasteiger partial charge in [0.15, 0.2) is 5.79 Å². The highest BCUT2D eigenvalue weighted by molar-refractivity contribution is 4.89. The summed E-state index contributed by atoms with van der Waals surface area (Å²) in [6, 6.07) is 0. The minimum Gasteiger partial charge on any atom is -0.347 e. The topological polar surface area (TPSA) is 21.7 Å². The van der Waals surface area contributed by atoms with E-state index in [1.54, 1.807) is 0 Å². The maximum atomic E-state index is 6.45. The fraction of sp³-hybridized carbons (Fsp3) is 1.00. The molecule has 0 amide bonds. The van der Waals surface area contributed by atoms with E-state index >= 15 is 0 Å². The highest BCUT2D eigenvalue weighted by Crippen LogP contribution is 2.45. The Labute approximate surface area is 149 Å². The van der Waals surface area contributed by atoms with Gasteiger partial charge in [0, 0.05) is 32.5 Å². The van der Waals surface area contributed by atoms with E-state index in [0.29, 0.717) is 11.5 Å². The molecule has 1 saturated carbocycles. The van der Waals surface area contributed by atoms with Crippen molar-refractivity contribution in [1.82, 2.24) is 4.90 Å². The quantitative estimate of drug-likeness (QED) is 0.745. The van der Waals surface area contributed by atoms with Crippen molar-refractivity contribution in [2.75, 3.05) is 26.2 Å². The van der Waals surface area contributed by atoms with Gasteiger partial charge in [-0.25, -0.2) is 0 Å². The van der Waals surface area contributed by atoms with E-state index in [2.05, 4.69) is 39.5 Å². The highest BCUT2D eigenvalue weighted by Gasteiger charge is 2.45. The lowest BCUT2D eigenvalue weighted by Gasteiger charge is -2.41. The third-order valence-corrected chi connectivity index (χ3v) is 6.60. The van der Waals surface area contributed by atoms with Gasteiger partial charge in [0.25, 0.3) is 0 Å². The van der Waals surface area contributed by atoms with Gasteiger partial charge in [-0.1, -0.05) is 34.6 Å². The first-order chi connectivity index (χ1) is 11.3. The number of rotatable bonds is 3. The first-order valence-corrected chi connectivity index (χ1v) is 10.3. The van der Waals surface area contributed by atoms with Crippen LogP contribution in [0.25, 0.3) is 0 Å². The van der Waals surface area contributed by atoms with Crippen molar-refractivity contribution in [3.63, 3.8) is 0 Å². The molecular formula is C21H39NO2. The largest absolute Gasteiger partial charge is 0.347 e. The molecule has 2 heterocycles. The molecule has 0 aromatic heterocycles. The predicted molar refractivity (Wildman–Crippen MR) is 99.0 cm³/mol. The van der Waals surface area contributed by atoms with Crippen LogP contribution in [0.3, 0.4) is 0 Å². The number of hydrogen-bond acceptors (Lipinski definition) is 3. The van der Waals surface area contributed by atoms with Crippen molar-refractivity contribution in [2.45, 2.75) is 85.0 Å². The zero-order valence-corrected chi connectivity index (χ0v) is 16.6. The third-order valence-electron chi connectivity index (χ3n) is 6.60. The molecule has 2 aliphatic heterocycles. The van der Waals surface area contributed by atoms with Gasteiger partial charge in [-0.05, 0) is 48.9 Å². The molecule has 3 heteroatoms. The summed E-state index contributed by atoms with van der Waals surface area (Å²) >= 11 is 0. The van der Waals surface area contributed by atoms with Crippen LogP contribution in [-0.4, -0.2) is 43.0 Å². The van der Waals surface area contributed by atoms with Gasteiger partial charge in [-0.2, -0.15) is 0 Å². The molecule has 3 atom stereocenters. The number of nitrogens with zero attached hydrogens (tertiary/aromatic N) is 1. The van der Waals surface area contributed by atoms with E-state index < -0.39 is 0 Å². The normalized spacial score (nSPS) is 41.9. The van der Waals surface area contributed by atoms with Crippen LogP contribution in [0.5, 0.6) is 0 Å². The molecule has 0 N–H and O–H groups in total. The monoisotopic (exact) mass is 337 g/mol. The third kappa shape index (κ3) is 4.53. The summed E-state index contributed by atoms with van der Waals surface area (Å²) in [6.07, 6.45) is 7.49. The molecule has 3 fully saturated rings. The summed E-state index contributed by atoms with van der Waals surface area (Å²) in [6.45, 7) is 16.4. The van der Waals surface area contributed by atoms with Crippen molar-refractivity contribution in [3.8, 4) is 0 Å². The minimum absolute atomic E-state index is 0.241. The maximum absolute atomic E-state index is 6.45. The second-order valence-corrected chi connectivity index (χ2v) is 10.1. The fourth-order valence-corrected chi connectivity index (χ4v) is 5.25. The van der Waals surface area contributed by atoms with Gasteiger partial charge >= 0.3 is 0 Å². The Bertz CT molecular complexity index is 399. The summed E-state index contributed by atoms with van der Waals surface area (Å²) in [4.78, 5) is 2.64. The second kappa shape index (κ2) is 7.25. The van der Waals surface area contributed by atoms with Crippen LogP contribution in [0.2, 0.25) is 0 Å². The van der Waals surface area contributed by atoms with E-state index in [-0.39, 0.29) is 5.79 Å². The summed E-state index contributed by atoms with van der Waals surface area (Å²) in [5.41, 5.74) is 0.418.